The van der Waals surface area contributed by atoms with E-state index in [9.17, 15) is 16.8 Å². The maximum atomic E-state index is 12.8. The lowest BCUT2D eigenvalue weighted by atomic mass is 9.83. The van der Waals surface area contributed by atoms with Crippen molar-refractivity contribution in [3.8, 4) is 34.8 Å². The fourth-order valence-electron chi connectivity index (χ4n) is 5.50. The molecule has 0 aromatic heterocycles. The molecule has 0 radical (unpaired) electrons. The van der Waals surface area contributed by atoms with Crippen LogP contribution in [0.15, 0.2) is 36.4 Å². The first kappa shape index (κ1) is 32.7. The van der Waals surface area contributed by atoms with Crippen LogP contribution in [-0.4, -0.2) is 77.6 Å². The van der Waals surface area contributed by atoms with E-state index in [2.05, 4.69) is 16.7 Å². The minimum atomic E-state index is -4.31. The van der Waals surface area contributed by atoms with Gasteiger partial charge in [-0.25, -0.2) is 0 Å². The second-order valence-electron chi connectivity index (χ2n) is 11.9. The van der Waals surface area contributed by atoms with Gasteiger partial charge in [0.15, 0.2) is 11.8 Å². The molecule has 0 bridgehead atoms. The molecule has 2 aromatic carbocycles. The fourth-order valence-corrected chi connectivity index (χ4v) is 8.30. The van der Waals surface area contributed by atoms with Gasteiger partial charge in [0.05, 0.1) is 18.6 Å². The maximum Gasteiger partial charge on any atom is 0.310 e. The second-order valence-corrected chi connectivity index (χ2v) is 15.6. The Balaban J connectivity index is 1.21. The molecule has 14 heteroatoms. The molecule has 3 atom stereocenters. The summed E-state index contributed by atoms with van der Waals surface area (Å²) >= 11 is 6.09. The predicted octanol–water partition coefficient (Wildman–Crippen LogP) is 3.73. The van der Waals surface area contributed by atoms with Crippen molar-refractivity contribution >= 4 is 31.8 Å². The number of morpholine rings is 1. The lowest BCUT2D eigenvalue weighted by Gasteiger charge is -2.38. The van der Waals surface area contributed by atoms with Crippen LogP contribution < -0.4 is 17.8 Å². The molecule has 11 nitrogen and oxygen atoms in total. The average Bonchev–Trinajstić information content (AvgIpc) is 3.36. The Morgan fingerprint density at radius 3 is 1.95 bits per heavy atom. The number of benzene rings is 2. The van der Waals surface area contributed by atoms with Crippen LogP contribution in [0.1, 0.15) is 45.7 Å². The van der Waals surface area contributed by atoms with Gasteiger partial charge in [0.1, 0.15) is 34.5 Å². The molecule has 2 aromatic rings. The summed E-state index contributed by atoms with van der Waals surface area (Å²) < 4.78 is 85.1. The third-order valence-corrected chi connectivity index (χ3v) is 10.6. The van der Waals surface area contributed by atoms with E-state index in [1.54, 1.807) is 25.1 Å². The summed E-state index contributed by atoms with van der Waals surface area (Å²) in [6, 6.07) is 9.29. The molecule has 0 amide bonds. The Bertz CT molecular complexity index is 1670. The molecule has 3 aliphatic heterocycles. The highest BCUT2D eigenvalue weighted by Gasteiger charge is 2.46. The SMILES string of the molecule is CC#CC(Cl)OC1Oc2ccc(OS(=O)(=O)CCS(=O)(=O)Oc3ccc4c(c3)C(C)(C)C(N3CCOCC3)O4)cc2C1(C)C. The minimum absolute atomic E-state index is 0.00541. The Kier molecular flexibility index (Phi) is 9.07. The topological polar surface area (TPSA) is 127 Å². The highest BCUT2D eigenvalue weighted by molar-refractivity contribution is 7.90. The summed E-state index contributed by atoms with van der Waals surface area (Å²) in [7, 11) is -8.60. The van der Waals surface area contributed by atoms with Gasteiger partial charge in [-0.2, -0.15) is 16.8 Å². The summed E-state index contributed by atoms with van der Waals surface area (Å²) in [6.07, 6.45) is -1.01. The molecule has 0 N–H and O–H groups in total. The van der Waals surface area contributed by atoms with E-state index < -0.39 is 54.4 Å². The first-order chi connectivity index (χ1) is 20.6. The summed E-state index contributed by atoms with van der Waals surface area (Å²) in [4.78, 5) is 2.20. The average molecular weight is 670 g/mol. The third kappa shape index (κ3) is 6.90. The number of halogens is 1. The van der Waals surface area contributed by atoms with Gasteiger partial charge in [-0.1, -0.05) is 31.4 Å². The van der Waals surface area contributed by atoms with Gasteiger partial charge in [-0.05, 0) is 57.2 Å². The molecule has 3 aliphatic rings. The van der Waals surface area contributed by atoms with Crippen molar-refractivity contribution in [2.45, 2.75) is 63.5 Å². The highest BCUT2D eigenvalue weighted by atomic mass is 35.5. The Hall–Kier alpha value is -2.73. The van der Waals surface area contributed by atoms with Crippen molar-refractivity contribution < 1.29 is 44.1 Å². The summed E-state index contributed by atoms with van der Waals surface area (Å²) in [6.45, 7) is 12.1. The lowest BCUT2D eigenvalue weighted by molar-refractivity contribution is -0.102. The van der Waals surface area contributed by atoms with Crippen LogP contribution >= 0.6 is 11.6 Å². The predicted molar refractivity (Wildman–Crippen MR) is 163 cm³/mol. The van der Waals surface area contributed by atoms with E-state index in [0.717, 1.165) is 18.7 Å². The molecule has 0 spiro atoms. The molecule has 5 rings (SSSR count). The molecular weight excluding hydrogens is 634 g/mol. The largest absolute Gasteiger partial charge is 0.474 e. The monoisotopic (exact) mass is 669 g/mol. The van der Waals surface area contributed by atoms with E-state index in [1.165, 1.54) is 18.2 Å². The Morgan fingerprint density at radius 2 is 1.41 bits per heavy atom. The molecular formula is C30H36ClNO10S2. The van der Waals surface area contributed by atoms with E-state index >= 15 is 0 Å². The van der Waals surface area contributed by atoms with E-state index in [4.69, 9.17) is 38.9 Å². The van der Waals surface area contributed by atoms with E-state index in [-0.39, 0.29) is 17.7 Å². The van der Waals surface area contributed by atoms with Gasteiger partial charge >= 0.3 is 20.2 Å². The van der Waals surface area contributed by atoms with E-state index in [0.29, 0.717) is 30.3 Å². The third-order valence-electron chi connectivity index (χ3n) is 7.88. The van der Waals surface area contributed by atoms with Crippen molar-refractivity contribution in [3.63, 3.8) is 0 Å². The van der Waals surface area contributed by atoms with Gasteiger partial charge in [-0.15, -0.1) is 5.92 Å². The van der Waals surface area contributed by atoms with Crippen LogP contribution in [0.3, 0.4) is 0 Å². The van der Waals surface area contributed by atoms with Crippen molar-refractivity contribution in [1.82, 2.24) is 4.90 Å². The molecule has 240 valence electrons. The number of rotatable bonds is 10. The zero-order chi connectivity index (χ0) is 31.9. The zero-order valence-corrected chi connectivity index (χ0v) is 27.6. The van der Waals surface area contributed by atoms with Crippen LogP contribution in [-0.2, 0) is 40.5 Å². The summed E-state index contributed by atoms with van der Waals surface area (Å²) in [5.41, 5.74) is -0.616. The quantitative estimate of drug-likeness (QED) is 0.209. The Morgan fingerprint density at radius 1 is 0.886 bits per heavy atom. The molecule has 44 heavy (non-hydrogen) atoms. The van der Waals surface area contributed by atoms with Crippen LogP contribution in [0, 0.1) is 11.8 Å². The number of hydrogen-bond donors (Lipinski definition) is 0. The lowest BCUT2D eigenvalue weighted by Crippen LogP contribution is -2.52. The normalized spacial score (nSPS) is 22.9. The van der Waals surface area contributed by atoms with Gasteiger partial charge in [0, 0.05) is 29.6 Å². The molecule has 0 aliphatic carbocycles. The standard InChI is InChI=1S/C30H36ClNO10S2/c1-6-7-26(31)40-28-30(4,5)23-19-21(9-11-25(23)39-28)42-44(35,36)17-16-43(33,34)41-20-8-10-24-22(18-20)29(2,3)27(38-24)32-12-14-37-15-13-32/h8-11,18-19,26-28H,12-17H2,1-5H3. The molecule has 0 saturated carbocycles. The molecule has 1 saturated heterocycles. The fraction of sp³-hybridized carbons (Fsp3) is 0.533. The van der Waals surface area contributed by atoms with Crippen molar-refractivity contribution in [3.05, 3.63) is 47.5 Å². The molecule has 3 heterocycles. The number of hydrogen-bond acceptors (Lipinski definition) is 11. The maximum absolute atomic E-state index is 12.8. The summed E-state index contributed by atoms with van der Waals surface area (Å²) in [5, 5.41) is 0. The minimum Gasteiger partial charge on any atom is -0.474 e. The number of alkyl halides is 1. The first-order valence-electron chi connectivity index (χ1n) is 14.1. The van der Waals surface area contributed by atoms with Gasteiger partial charge in [0.25, 0.3) is 0 Å². The molecule has 1 fully saturated rings. The zero-order valence-electron chi connectivity index (χ0n) is 25.2. The van der Waals surface area contributed by atoms with Crippen molar-refractivity contribution in [2.75, 3.05) is 37.8 Å². The van der Waals surface area contributed by atoms with Crippen molar-refractivity contribution in [2.24, 2.45) is 0 Å². The second kappa shape index (κ2) is 12.2. The number of ether oxygens (including phenoxy) is 4. The number of fused-ring (bicyclic) bond motifs is 2. The van der Waals surface area contributed by atoms with Crippen molar-refractivity contribution in [1.29, 1.82) is 0 Å². The highest BCUT2D eigenvalue weighted by Crippen LogP contribution is 2.47. The molecule has 3 unspecified atom stereocenters. The number of nitrogens with zero attached hydrogens (tertiary/aromatic N) is 1. The van der Waals surface area contributed by atoms with Gasteiger partial charge < -0.3 is 27.3 Å². The smallest absolute Gasteiger partial charge is 0.310 e. The van der Waals surface area contributed by atoms with Gasteiger partial charge in [0.2, 0.25) is 6.29 Å². The van der Waals surface area contributed by atoms with Crippen LogP contribution in [0.2, 0.25) is 0 Å². The van der Waals surface area contributed by atoms with Crippen LogP contribution in [0.25, 0.3) is 0 Å². The van der Waals surface area contributed by atoms with Gasteiger partial charge in [-0.3, -0.25) is 4.90 Å². The van der Waals surface area contributed by atoms with Crippen LogP contribution in [0.5, 0.6) is 23.0 Å². The first-order valence-corrected chi connectivity index (χ1v) is 17.7. The summed E-state index contributed by atoms with van der Waals surface area (Å²) in [5.74, 6) is 4.93. The Labute approximate surface area is 263 Å². The van der Waals surface area contributed by atoms with Crippen LogP contribution in [0.4, 0.5) is 0 Å². The van der Waals surface area contributed by atoms with E-state index in [1.807, 2.05) is 27.7 Å².